The van der Waals surface area contributed by atoms with Crippen molar-refractivity contribution in [3.63, 3.8) is 0 Å². The molecule has 102 valence electrons. The molecular formula is C13H19Cl2NO2. The quantitative estimate of drug-likeness (QED) is 0.735. The lowest BCUT2D eigenvalue weighted by molar-refractivity contribution is 0.110. The predicted octanol–water partition coefficient (Wildman–Crippen LogP) is 3.09. The fraction of sp³-hybridized carbons (Fsp3) is 0.538. The van der Waals surface area contributed by atoms with E-state index in [4.69, 9.17) is 32.7 Å². The standard InChI is InChI=1S/C13H19Cl2NO2/c1-17-8-6-16(7-9-18-2)10-11-12(14)4-3-5-13(11)15/h3-5H,6-10H2,1-2H3. The molecule has 0 spiro atoms. The van der Waals surface area contributed by atoms with E-state index < -0.39 is 0 Å². The molecule has 1 aromatic rings. The van der Waals surface area contributed by atoms with Gasteiger partial charge < -0.3 is 9.47 Å². The van der Waals surface area contributed by atoms with Crippen molar-refractivity contribution in [2.45, 2.75) is 6.54 Å². The van der Waals surface area contributed by atoms with E-state index in [9.17, 15) is 0 Å². The van der Waals surface area contributed by atoms with E-state index in [0.29, 0.717) is 29.8 Å². The minimum Gasteiger partial charge on any atom is -0.383 e. The Kier molecular flexibility index (Phi) is 7.63. The number of nitrogens with zero attached hydrogens (tertiary/aromatic N) is 1. The van der Waals surface area contributed by atoms with Gasteiger partial charge in [0.1, 0.15) is 0 Å². The maximum absolute atomic E-state index is 6.17. The smallest absolute Gasteiger partial charge is 0.0589 e. The van der Waals surface area contributed by atoms with Crippen LogP contribution in [0.15, 0.2) is 18.2 Å². The lowest BCUT2D eigenvalue weighted by Crippen LogP contribution is -2.30. The van der Waals surface area contributed by atoms with Gasteiger partial charge in [0, 0.05) is 49.5 Å². The second kappa shape index (κ2) is 8.73. The second-order valence-corrected chi connectivity index (χ2v) is 4.78. The Balaban J connectivity index is 2.68. The monoisotopic (exact) mass is 291 g/mol. The highest BCUT2D eigenvalue weighted by Crippen LogP contribution is 2.25. The third-order valence-corrected chi connectivity index (χ3v) is 3.37. The molecule has 0 radical (unpaired) electrons. The number of ether oxygens (including phenoxy) is 2. The van der Waals surface area contributed by atoms with Gasteiger partial charge in [-0.05, 0) is 12.1 Å². The van der Waals surface area contributed by atoms with Crippen molar-refractivity contribution in [2.75, 3.05) is 40.5 Å². The first kappa shape index (κ1) is 15.7. The molecule has 0 aliphatic heterocycles. The Labute approximate surface area is 119 Å². The summed E-state index contributed by atoms with van der Waals surface area (Å²) in [5, 5.41) is 1.39. The summed E-state index contributed by atoms with van der Waals surface area (Å²) in [7, 11) is 3.38. The summed E-state index contributed by atoms with van der Waals surface area (Å²) >= 11 is 12.3. The van der Waals surface area contributed by atoms with Gasteiger partial charge in [0.2, 0.25) is 0 Å². The van der Waals surface area contributed by atoms with Crippen LogP contribution in [0.3, 0.4) is 0 Å². The Morgan fingerprint density at radius 2 is 1.50 bits per heavy atom. The van der Waals surface area contributed by atoms with Crippen LogP contribution in [0.25, 0.3) is 0 Å². The lowest BCUT2D eigenvalue weighted by Gasteiger charge is -2.22. The van der Waals surface area contributed by atoms with Crippen molar-refractivity contribution in [3.8, 4) is 0 Å². The van der Waals surface area contributed by atoms with Crippen LogP contribution >= 0.6 is 23.2 Å². The highest BCUT2D eigenvalue weighted by atomic mass is 35.5. The lowest BCUT2D eigenvalue weighted by atomic mass is 10.2. The zero-order valence-electron chi connectivity index (χ0n) is 10.8. The first-order chi connectivity index (χ1) is 8.69. The molecule has 0 bridgehead atoms. The minimum atomic E-state index is 0.672. The van der Waals surface area contributed by atoms with Gasteiger partial charge >= 0.3 is 0 Å². The molecule has 0 aliphatic carbocycles. The van der Waals surface area contributed by atoms with Crippen LogP contribution < -0.4 is 0 Å². The maximum Gasteiger partial charge on any atom is 0.0589 e. The summed E-state index contributed by atoms with van der Waals surface area (Å²) in [5.74, 6) is 0. The Morgan fingerprint density at radius 3 is 1.94 bits per heavy atom. The molecule has 5 heteroatoms. The largest absolute Gasteiger partial charge is 0.383 e. The fourth-order valence-electron chi connectivity index (χ4n) is 1.62. The normalized spacial score (nSPS) is 11.2. The van der Waals surface area contributed by atoms with E-state index in [1.165, 1.54) is 0 Å². The predicted molar refractivity (Wildman–Crippen MR) is 75.5 cm³/mol. The molecule has 18 heavy (non-hydrogen) atoms. The molecule has 0 aromatic heterocycles. The highest BCUT2D eigenvalue weighted by Gasteiger charge is 2.11. The summed E-state index contributed by atoms with van der Waals surface area (Å²) in [6.45, 7) is 3.69. The van der Waals surface area contributed by atoms with Crippen molar-refractivity contribution in [2.24, 2.45) is 0 Å². The maximum atomic E-state index is 6.17. The molecule has 0 fully saturated rings. The van der Waals surface area contributed by atoms with Crippen molar-refractivity contribution in [1.29, 1.82) is 0 Å². The van der Waals surface area contributed by atoms with Gasteiger partial charge in [-0.15, -0.1) is 0 Å². The van der Waals surface area contributed by atoms with E-state index in [1.54, 1.807) is 14.2 Å². The summed E-state index contributed by atoms with van der Waals surface area (Å²) in [6, 6.07) is 5.56. The summed E-state index contributed by atoms with van der Waals surface area (Å²) in [4.78, 5) is 2.21. The molecule has 0 saturated carbocycles. The van der Waals surface area contributed by atoms with Crippen LogP contribution in [0.1, 0.15) is 5.56 Å². The third-order valence-electron chi connectivity index (χ3n) is 2.67. The molecule has 1 rings (SSSR count). The van der Waals surface area contributed by atoms with Gasteiger partial charge in [-0.25, -0.2) is 0 Å². The topological polar surface area (TPSA) is 21.7 Å². The van der Waals surface area contributed by atoms with Crippen LogP contribution in [0.5, 0.6) is 0 Å². The third kappa shape index (κ3) is 5.12. The van der Waals surface area contributed by atoms with Crippen LogP contribution in [0, 0.1) is 0 Å². The first-order valence-corrected chi connectivity index (χ1v) is 6.57. The summed E-state index contributed by atoms with van der Waals surface area (Å²) in [6.07, 6.45) is 0. The summed E-state index contributed by atoms with van der Waals surface area (Å²) in [5.41, 5.74) is 0.952. The summed E-state index contributed by atoms with van der Waals surface area (Å²) < 4.78 is 10.2. The molecule has 1 aromatic carbocycles. The molecule has 0 atom stereocenters. The Bertz CT molecular complexity index is 333. The van der Waals surface area contributed by atoms with E-state index in [1.807, 2.05) is 18.2 Å². The fourth-order valence-corrected chi connectivity index (χ4v) is 2.13. The molecule has 0 N–H and O–H groups in total. The number of rotatable bonds is 8. The Morgan fingerprint density at radius 1 is 1.00 bits per heavy atom. The van der Waals surface area contributed by atoms with Crippen LogP contribution in [-0.4, -0.2) is 45.4 Å². The number of methoxy groups -OCH3 is 2. The van der Waals surface area contributed by atoms with Crippen molar-refractivity contribution in [3.05, 3.63) is 33.8 Å². The van der Waals surface area contributed by atoms with E-state index in [-0.39, 0.29) is 0 Å². The molecule has 0 unspecified atom stereocenters. The molecule has 0 amide bonds. The molecule has 0 heterocycles. The van der Waals surface area contributed by atoms with Crippen molar-refractivity contribution >= 4 is 23.2 Å². The van der Waals surface area contributed by atoms with E-state index in [2.05, 4.69) is 4.90 Å². The molecular weight excluding hydrogens is 273 g/mol. The zero-order chi connectivity index (χ0) is 13.4. The Hall–Kier alpha value is -0.320. The number of benzene rings is 1. The zero-order valence-corrected chi connectivity index (χ0v) is 12.3. The van der Waals surface area contributed by atoms with Crippen LogP contribution in [0.4, 0.5) is 0 Å². The van der Waals surface area contributed by atoms with Gasteiger partial charge in [-0.2, -0.15) is 0 Å². The second-order valence-electron chi connectivity index (χ2n) is 3.96. The van der Waals surface area contributed by atoms with Crippen LogP contribution in [-0.2, 0) is 16.0 Å². The van der Waals surface area contributed by atoms with Gasteiger partial charge in [-0.3, -0.25) is 4.90 Å². The average molecular weight is 292 g/mol. The van der Waals surface area contributed by atoms with E-state index >= 15 is 0 Å². The highest BCUT2D eigenvalue weighted by molar-refractivity contribution is 6.35. The minimum absolute atomic E-state index is 0.672. The molecule has 0 saturated heterocycles. The SMILES string of the molecule is COCCN(CCOC)Cc1c(Cl)cccc1Cl. The molecule has 0 aliphatic rings. The van der Waals surface area contributed by atoms with Gasteiger partial charge in [0.25, 0.3) is 0 Å². The van der Waals surface area contributed by atoms with Crippen LogP contribution in [0.2, 0.25) is 10.0 Å². The van der Waals surface area contributed by atoms with Gasteiger partial charge in [0.05, 0.1) is 13.2 Å². The van der Waals surface area contributed by atoms with Crippen molar-refractivity contribution < 1.29 is 9.47 Å². The molecule has 3 nitrogen and oxygen atoms in total. The number of hydrogen-bond donors (Lipinski definition) is 0. The van der Waals surface area contributed by atoms with E-state index in [0.717, 1.165) is 18.7 Å². The van der Waals surface area contributed by atoms with Gasteiger partial charge in [0.15, 0.2) is 0 Å². The first-order valence-electron chi connectivity index (χ1n) is 5.82. The average Bonchev–Trinajstić information content (AvgIpc) is 2.36. The number of hydrogen-bond acceptors (Lipinski definition) is 3. The number of halogens is 2. The van der Waals surface area contributed by atoms with Gasteiger partial charge in [-0.1, -0.05) is 29.3 Å². The van der Waals surface area contributed by atoms with Crippen molar-refractivity contribution in [1.82, 2.24) is 4.90 Å².